The van der Waals surface area contributed by atoms with E-state index in [9.17, 15) is 9.59 Å². The average Bonchev–Trinajstić information content (AvgIpc) is 3.10. The summed E-state index contributed by atoms with van der Waals surface area (Å²) in [4.78, 5) is 28.4. The van der Waals surface area contributed by atoms with E-state index >= 15 is 0 Å². The number of hydrogen-bond donors (Lipinski definition) is 1. The first-order valence-electron chi connectivity index (χ1n) is 6.83. The third kappa shape index (κ3) is 3.42. The lowest BCUT2D eigenvalue weighted by Gasteiger charge is -2.07. The maximum absolute atomic E-state index is 11.9. The number of aromatic nitrogens is 1. The molecule has 0 atom stereocenters. The standard InChI is InChI=1S/C15H14N2O5S/c1-8-14(23-9(2)16-8)15(19)20-6-13(18)17-10-3-4-11-12(5-10)22-7-21-11/h3-5H,6-7H2,1-2H3,(H,17,18). The molecule has 0 fully saturated rings. The molecule has 120 valence electrons. The van der Waals surface area contributed by atoms with Gasteiger partial charge in [0.1, 0.15) is 4.88 Å². The SMILES string of the molecule is Cc1nc(C)c(C(=O)OCC(=O)Nc2ccc3c(c2)OCO3)s1. The minimum absolute atomic E-state index is 0.165. The van der Waals surface area contributed by atoms with Crippen molar-refractivity contribution in [2.45, 2.75) is 13.8 Å². The van der Waals surface area contributed by atoms with Crippen LogP contribution >= 0.6 is 11.3 Å². The first-order chi connectivity index (χ1) is 11.0. The van der Waals surface area contributed by atoms with Gasteiger partial charge in [-0.25, -0.2) is 9.78 Å². The van der Waals surface area contributed by atoms with Crippen LogP contribution in [0.25, 0.3) is 0 Å². The van der Waals surface area contributed by atoms with E-state index in [1.165, 1.54) is 11.3 Å². The van der Waals surface area contributed by atoms with Gasteiger partial charge in [0.05, 0.1) is 10.7 Å². The summed E-state index contributed by atoms with van der Waals surface area (Å²) >= 11 is 1.24. The summed E-state index contributed by atoms with van der Waals surface area (Å²) in [6, 6.07) is 5.04. The number of carbonyl (C=O) groups excluding carboxylic acids is 2. The molecule has 1 aromatic carbocycles. The molecule has 0 radical (unpaired) electrons. The van der Waals surface area contributed by atoms with Gasteiger partial charge in [-0.2, -0.15) is 0 Å². The number of fused-ring (bicyclic) bond motifs is 1. The Morgan fingerprint density at radius 2 is 2.09 bits per heavy atom. The molecule has 8 heteroatoms. The first kappa shape index (κ1) is 15.3. The summed E-state index contributed by atoms with van der Waals surface area (Å²) in [7, 11) is 0. The number of aryl methyl sites for hydroxylation is 2. The molecule has 1 aromatic heterocycles. The van der Waals surface area contributed by atoms with Crippen LogP contribution in [0.15, 0.2) is 18.2 Å². The third-order valence-electron chi connectivity index (χ3n) is 3.08. The van der Waals surface area contributed by atoms with Gasteiger partial charge in [-0.05, 0) is 26.0 Å². The highest BCUT2D eigenvalue weighted by Crippen LogP contribution is 2.34. The highest BCUT2D eigenvalue weighted by atomic mass is 32.1. The van der Waals surface area contributed by atoms with Gasteiger partial charge in [0.2, 0.25) is 6.79 Å². The topological polar surface area (TPSA) is 86.8 Å². The highest BCUT2D eigenvalue weighted by molar-refractivity contribution is 7.13. The monoisotopic (exact) mass is 334 g/mol. The highest BCUT2D eigenvalue weighted by Gasteiger charge is 2.17. The average molecular weight is 334 g/mol. The van der Waals surface area contributed by atoms with E-state index in [0.717, 1.165) is 5.01 Å². The van der Waals surface area contributed by atoms with Gasteiger partial charge in [-0.1, -0.05) is 0 Å². The fourth-order valence-electron chi connectivity index (χ4n) is 2.09. The Labute approximate surface area is 136 Å². The van der Waals surface area contributed by atoms with Crippen molar-refractivity contribution in [2.75, 3.05) is 18.7 Å². The first-order valence-corrected chi connectivity index (χ1v) is 7.65. The van der Waals surface area contributed by atoms with Gasteiger partial charge in [0.15, 0.2) is 18.1 Å². The molecule has 1 N–H and O–H groups in total. The van der Waals surface area contributed by atoms with E-state index in [1.807, 2.05) is 0 Å². The molecule has 0 bridgehead atoms. The normalized spacial score (nSPS) is 12.1. The second-order valence-electron chi connectivity index (χ2n) is 4.84. The van der Waals surface area contributed by atoms with Crippen molar-refractivity contribution in [3.63, 3.8) is 0 Å². The molecule has 1 aliphatic rings. The smallest absolute Gasteiger partial charge is 0.350 e. The second kappa shape index (κ2) is 6.25. The van der Waals surface area contributed by atoms with Gasteiger partial charge in [0, 0.05) is 11.8 Å². The van der Waals surface area contributed by atoms with Gasteiger partial charge in [0.25, 0.3) is 5.91 Å². The molecule has 7 nitrogen and oxygen atoms in total. The lowest BCUT2D eigenvalue weighted by atomic mass is 10.3. The predicted molar refractivity (Wildman–Crippen MR) is 83.1 cm³/mol. The van der Waals surface area contributed by atoms with Crippen molar-refractivity contribution >= 4 is 28.9 Å². The maximum Gasteiger partial charge on any atom is 0.350 e. The Bertz CT molecular complexity index is 771. The number of nitrogens with zero attached hydrogens (tertiary/aromatic N) is 1. The summed E-state index contributed by atoms with van der Waals surface area (Å²) in [5.41, 5.74) is 1.15. The van der Waals surface area contributed by atoms with Crippen molar-refractivity contribution in [3.8, 4) is 11.5 Å². The minimum atomic E-state index is -0.547. The van der Waals surface area contributed by atoms with Crippen LogP contribution < -0.4 is 14.8 Å². The van der Waals surface area contributed by atoms with Crippen LogP contribution in [0.5, 0.6) is 11.5 Å². The number of esters is 1. The fourth-order valence-corrected chi connectivity index (χ4v) is 2.90. The zero-order valence-corrected chi connectivity index (χ0v) is 13.4. The molecule has 2 aromatic rings. The minimum Gasteiger partial charge on any atom is -0.454 e. The Morgan fingerprint density at radius 1 is 1.30 bits per heavy atom. The summed E-state index contributed by atoms with van der Waals surface area (Å²) in [6.07, 6.45) is 0. The Balaban J connectivity index is 1.55. The van der Waals surface area contributed by atoms with Gasteiger partial charge < -0.3 is 19.5 Å². The number of hydrogen-bond acceptors (Lipinski definition) is 7. The molecule has 0 spiro atoms. The van der Waals surface area contributed by atoms with Crippen LogP contribution in [-0.4, -0.2) is 30.3 Å². The van der Waals surface area contributed by atoms with Crippen molar-refractivity contribution in [1.29, 1.82) is 0 Å². The number of amides is 1. The van der Waals surface area contributed by atoms with Crippen LogP contribution in [0.1, 0.15) is 20.4 Å². The van der Waals surface area contributed by atoms with E-state index in [0.29, 0.717) is 27.8 Å². The summed E-state index contributed by atoms with van der Waals surface area (Å²) in [6.45, 7) is 3.33. The maximum atomic E-state index is 11.9. The van der Waals surface area contributed by atoms with Crippen LogP contribution in [0.3, 0.4) is 0 Å². The molecule has 1 amide bonds. The molecule has 23 heavy (non-hydrogen) atoms. The summed E-state index contributed by atoms with van der Waals surface area (Å²) in [5, 5.41) is 3.41. The Hall–Kier alpha value is -2.61. The van der Waals surface area contributed by atoms with Crippen molar-refractivity contribution in [1.82, 2.24) is 4.98 Å². The van der Waals surface area contributed by atoms with Crippen LogP contribution in [0.2, 0.25) is 0 Å². The Morgan fingerprint density at radius 3 is 2.83 bits per heavy atom. The zero-order valence-electron chi connectivity index (χ0n) is 12.5. The number of rotatable bonds is 4. The quantitative estimate of drug-likeness (QED) is 0.863. The fraction of sp³-hybridized carbons (Fsp3) is 0.267. The predicted octanol–water partition coefficient (Wildman–Crippen LogP) is 2.28. The third-order valence-corrected chi connectivity index (χ3v) is 4.13. The van der Waals surface area contributed by atoms with Gasteiger partial charge in [-0.3, -0.25) is 4.79 Å². The molecular weight excluding hydrogens is 320 g/mol. The van der Waals surface area contributed by atoms with E-state index in [1.54, 1.807) is 32.0 Å². The lowest BCUT2D eigenvalue weighted by Crippen LogP contribution is -2.20. The molecule has 1 aliphatic heterocycles. The summed E-state index contributed by atoms with van der Waals surface area (Å²) in [5.74, 6) is 0.214. The molecule has 3 rings (SSSR count). The largest absolute Gasteiger partial charge is 0.454 e. The number of thiazole rings is 1. The van der Waals surface area contributed by atoms with Gasteiger partial charge in [-0.15, -0.1) is 11.3 Å². The molecule has 0 saturated carbocycles. The molecule has 0 saturated heterocycles. The van der Waals surface area contributed by atoms with Crippen molar-refractivity contribution < 1.29 is 23.8 Å². The van der Waals surface area contributed by atoms with Crippen LogP contribution in [0.4, 0.5) is 5.69 Å². The van der Waals surface area contributed by atoms with E-state index in [-0.39, 0.29) is 13.4 Å². The zero-order chi connectivity index (χ0) is 16.4. The van der Waals surface area contributed by atoms with Crippen molar-refractivity contribution in [3.05, 3.63) is 33.8 Å². The van der Waals surface area contributed by atoms with Crippen LogP contribution in [-0.2, 0) is 9.53 Å². The summed E-state index contributed by atoms with van der Waals surface area (Å²) < 4.78 is 15.4. The number of nitrogens with one attached hydrogen (secondary N) is 1. The number of ether oxygens (including phenoxy) is 3. The second-order valence-corrected chi connectivity index (χ2v) is 6.04. The van der Waals surface area contributed by atoms with E-state index in [2.05, 4.69) is 10.3 Å². The lowest BCUT2D eigenvalue weighted by molar-refractivity contribution is -0.119. The number of anilines is 1. The number of benzene rings is 1. The molecular formula is C15H14N2O5S. The van der Waals surface area contributed by atoms with Crippen LogP contribution in [0, 0.1) is 13.8 Å². The van der Waals surface area contributed by atoms with Gasteiger partial charge >= 0.3 is 5.97 Å². The Kier molecular flexibility index (Phi) is 4.16. The molecule has 0 unspecified atom stereocenters. The molecule has 2 heterocycles. The molecule has 0 aliphatic carbocycles. The van der Waals surface area contributed by atoms with E-state index < -0.39 is 11.9 Å². The van der Waals surface area contributed by atoms with E-state index in [4.69, 9.17) is 14.2 Å². The number of carbonyl (C=O) groups is 2. The van der Waals surface area contributed by atoms with Crippen molar-refractivity contribution in [2.24, 2.45) is 0 Å².